The van der Waals surface area contributed by atoms with Crippen LogP contribution in [0.3, 0.4) is 0 Å². The molecule has 8 nitrogen and oxygen atoms in total. The van der Waals surface area contributed by atoms with Gasteiger partial charge < -0.3 is 5.32 Å². The van der Waals surface area contributed by atoms with E-state index in [-0.39, 0.29) is 28.9 Å². The SMILES string of the molecule is CC[C@@H](C)c1ccc(NC(=O)Cn2c(Cl)nc3c2c(=O)n(C)c(=O)n3C)cc1. The molecule has 2 aromatic heterocycles. The fourth-order valence-corrected chi connectivity index (χ4v) is 3.26. The molecular formula is C19H22ClN5O3. The fraction of sp³-hybridized carbons (Fsp3) is 0.368. The minimum absolute atomic E-state index is 0.0319. The molecule has 0 saturated heterocycles. The van der Waals surface area contributed by atoms with Gasteiger partial charge in [-0.05, 0) is 41.6 Å². The van der Waals surface area contributed by atoms with Crippen LogP contribution in [0.2, 0.25) is 5.28 Å². The standard InChI is InChI=1S/C19H22ClN5O3/c1-5-11(2)12-6-8-13(9-7-12)21-14(26)10-25-15-16(22-18(25)20)23(3)19(28)24(4)17(15)27/h6-9,11H,5,10H2,1-4H3,(H,21,26)/t11-/m1/s1. The van der Waals surface area contributed by atoms with Crippen LogP contribution in [0.1, 0.15) is 31.7 Å². The Labute approximate surface area is 166 Å². The van der Waals surface area contributed by atoms with Crippen LogP contribution in [0.25, 0.3) is 11.2 Å². The number of hydrogen-bond acceptors (Lipinski definition) is 4. The predicted molar refractivity (Wildman–Crippen MR) is 109 cm³/mol. The first kappa shape index (κ1) is 19.9. The van der Waals surface area contributed by atoms with E-state index in [9.17, 15) is 14.4 Å². The monoisotopic (exact) mass is 403 g/mol. The van der Waals surface area contributed by atoms with Crippen molar-refractivity contribution in [1.29, 1.82) is 0 Å². The van der Waals surface area contributed by atoms with E-state index in [1.54, 1.807) is 0 Å². The van der Waals surface area contributed by atoms with Gasteiger partial charge in [-0.3, -0.25) is 23.3 Å². The summed E-state index contributed by atoms with van der Waals surface area (Å²) in [6.45, 7) is 4.07. The number of anilines is 1. The zero-order valence-corrected chi connectivity index (χ0v) is 16.9. The van der Waals surface area contributed by atoms with Crippen molar-refractivity contribution in [3.8, 4) is 0 Å². The van der Waals surface area contributed by atoms with Gasteiger partial charge in [-0.2, -0.15) is 4.98 Å². The summed E-state index contributed by atoms with van der Waals surface area (Å²) < 4.78 is 3.49. The van der Waals surface area contributed by atoms with Crippen molar-refractivity contribution in [1.82, 2.24) is 18.7 Å². The lowest BCUT2D eigenvalue weighted by Crippen LogP contribution is -2.37. The number of nitrogens with zero attached hydrogens (tertiary/aromatic N) is 4. The Bertz CT molecular complexity index is 1160. The lowest BCUT2D eigenvalue weighted by molar-refractivity contribution is -0.116. The van der Waals surface area contributed by atoms with E-state index in [0.717, 1.165) is 11.0 Å². The normalized spacial score (nSPS) is 12.3. The molecule has 9 heteroatoms. The van der Waals surface area contributed by atoms with E-state index < -0.39 is 11.2 Å². The molecule has 0 spiro atoms. The molecule has 0 aliphatic carbocycles. The lowest BCUT2D eigenvalue weighted by atomic mass is 9.99. The summed E-state index contributed by atoms with van der Waals surface area (Å²) in [6.07, 6.45) is 1.04. The number of carbonyl (C=O) groups excluding carboxylic acids is 1. The Morgan fingerprint density at radius 2 is 1.82 bits per heavy atom. The Kier molecular flexibility index (Phi) is 5.42. The fourth-order valence-electron chi connectivity index (χ4n) is 3.04. The predicted octanol–water partition coefficient (Wildman–Crippen LogP) is 2.24. The smallest absolute Gasteiger partial charge is 0.325 e. The molecule has 2 heterocycles. The second-order valence-corrected chi connectivity index (χ2v) is 7.16. The molecule has 28 heavy (non-hydrogen) atoms. The van der Waals surface area contributed by atoms with E-state index in [2.05, 4.69) is 24.1 Å². The van der Waals surface area contributed by atoms with Crippen molar-refractivity contribution in [3.63, 3.8) is 0 Å². The summed E-state index contributed by atoms with van der Waals surface area (Å²) in [5.41, 5.74) is 1.04. The molecule has 0 aliphatic rings. The van der Waals surface area contributed by atoms with E-state index in [0.29, 0.717) is 11.6 Å². The minimum atomic E-state index is -0.553. The van der Waals surface area contributed by atoms with Gasteiger partial charge in [0.25, 0.3) is 5.56 Å². The van der Waals surface area contributed by atoms with Crippen LogP contribution in [0.4, 0.5) is 5.69 Å². The maximum atomic E-state index is 12.5. The summed E-state index contributed by atoms with van der Waals surface area (Å²) in [7, 11) is 2.87. The number of aryl methyl sites for hydroxylation is 1. The van der Waals surface area contributed by atoms with Crippen LogP contribution >= 0.6 is 11.6 Å². The number of fused-ring (bicyclic) bond motifs is 1. The largest absolute Gasteiger partial charge is 0.332 e. The molecule has 0 bridgehead atoms. The average Bonchev–Trinajstić information content (AvgIpc) is 3.01. The molecule has 1 aromatic carbocycles. The Morgan fingerprint density at radius 3 is 2.43 bits per heavy atom. The number of aromatic nitrogens is 4. The zero-order chi connectivity index (χ0) is 20.6. The summed E-state index contributed by atoms with van der Waals surface area (Å²) in [4.78, 5) is 41.1. The number of rotatable bonds is 5. The number of imidazole rings is 1. The molecule has 0 unspecified atom stereocenters. The molecular weight excluding hydrogens is 382 g/mol. The third kappa shape index (κ3) is 3.47. The molecule has 0 radical (unpaired) electrons. The molecule has 1 N–H and O–H groups in total. The maximum absolute atomic E-state index is 12.5. The first-order valence-corrected chi connectivity index (χ1v) is 9.34. The highest BCUT2D eigenvalue weighted by molar-refractivity contribution is 6.29. The Hall–Kier alpha value is -2.87. The Balaban J connectivity index is 1.89. The van der Waals surface area contributed by atoms with Crippen LogP contribution < -0.4 is 16.6 Å². The number of nitrogens with one attached hydrogen (secondary N) is 1. The van der Waals surface area contributed by atoms with E-state index in [1.807, 2.05) is 24.3 Å². The second-order valence-electron chi connectivity index (χ2n) is 6.82. The molecule has 0 fully saturated rings. The van der Waals surface area contributed by atoms with Crippen LogP contribution in [0.15, 0.2) is 33.9 Å². The van der Waals surface area contributed by atoms with E-state index in [1.165, 1.54) is 28.8 Å². The molecule has 0 saturated carbocycles. The van der Waals surface area contributed by atoms with Gasteiger partial charge in [0.05, 0.1) is 0 Å². The number of amides is 1. The van der Waals surface area contributed by atoms with Gasteiger partial charge in [0.1, 0.15) is 6.54 Å². The van der Waals surface area contributed by atoms with Crippen LogP contribution in [-0.2, 0) is 25.4 Å². The zero-order valence-electron chi connectivity index (χ0n) is 16.2. The summed E-state index contributed by atoms with van der Waals surface area (Å²) in [5.74, 6) is 0.0946. The number of carbonyl (C=O) groups is 1. The van der Waals surface area contributed by atoms with Crippen molar-refractivity contribution in [2.24, 2.45) is 14.1 Å². The first-order chi connectivity index (χ1) is 13.2. The summed E-state index contributed by atoms with van der Waals surface area (Å²) in [5, 5.41) is 2.76. The van der Waals surface area contributed by atoms with Gasteiger partial charge >= 0.3 is 5.69 Å². The van der Waals surface area contributed by atoms with Gasteiger partial charge in [0, 0.05) is 19.8 Å². The van der Waals surface area contributed by atoms with Gasteiger partial charge in [-0.1, -0.05) is 26.0 Å². The van der Waals surface area contributed by atoms with Crippen LogP contribution in [0, 0.1) is 0 Å². The number of benzene rings is 1. The second kappa shape index (κ2) is 7.63. The maximum Gasteiger partial charge on any atom is 0.332 e. The lowest BCUT2D eigenvalue weighted by Gasteiger charge is -2.11. The third-order valence-corrected chi connectivity index (χ3v) is 5.27. The Morgan fingerprint density at radius 1 is 1.18 bits per heavy atom. The summed E-state index contributed by atoms with van der Waals surface area (Å²) in [6, 6.07) is 7.65. The van der Waals surface area contributed by atoms with Crippen molar-refractivity contribution in [3.05, 3.63) is 56.0 Å². The molecule has 1 amide bonds. The van der Waals surface area contributed by atoms with Crippen LogP contribution in [-0.4, -0.2) is 24.6 Å². The molecule has 1 atom stereocenters. The van der Waals surface area contributed by atoms with Gasteiger partial charge in [0.2, 0.25) is 11.2 Å². The van der Waals surface area contributed by atoms with Gasteiger partial charge in [-0.15, -0.1) is 0 Å². The number of halogens is 1. The molecule has 3 rings (SSSR count). The van der Waals surface area contributed by atoms with Crippen molar-refractivity contribution in [2.75, 3.05) is 5.32 Å². The molecule has 148 valence electrons. The number of hydrogen-bond donors (Lipinski definition) is 1. The summed E-state index contributed by atoms with van der Waals surface area (Å²) >= 11 is 6.14. The average molecular weight is 404 g/mol. The highest BCUT2D eigenvalue weighted by Crippen LogP contribution is 2.21. The topological polar surface area (TPSA) is 90.9 Å². The minimum Gasteiger partial charge on any atom is -0.325 e. The quantitative estimate of drug-likeness (QED) is 0.661. The third-order valence-electron chi connectivity index (χ3n) is 4.98. The van der Waals surface area contributed by atoms with Crippen LogP contribution in [0.5, 0.6) is 0 Å². The van der Waals surface area contributed by atoms with Gasteiger partial charge in [-0.25, -0.2) is 4.79 Å². The van der Waals surface area contributed by atoms with E-state index in [4.69, 9.17) is 11.6 Å². The molecule has 3 aromatic rings. The first-order valence-electron chi connectivity index (χ1n) is 8.96. The van der Waals surface area contributed by atoms with Crippen molar-refractivity contribution in [2.45, 2.75) is 32.7 Å². The van der Waals surface area contributed by atoms with Crippen molar-refractivity contribution >= 4 is 34.4 Å². The van der Waals surface area contributed by atoms with Crippen molar-refractivity contribution < 1.29 is 4.79 Å². The van der Waals surface area contributed by atoms with Gasteiger partial charge in [0.15, 0.2) is 11.2 Å². The highest BCUT2D eigenvalue weighted by Gasteiger charge is 2.19. The van der Waals surface area contributed by atoms with E-state index >= 15 is 0 Å². The highest BCUT2D eigenvalue weighted by atomic mass is 35.5. The molecule has 0 aliphatic heterocycles.